The number of hydrogen-bond acceptors (Lipinski definition) is 4. The second kappa shape index (κ2) is 6.01. The number of nitrogens with zero attached hydrogens (tertiary/aromatic N) is 2. The van der Waals surface area contributed by atoms with Crippen molar-refractivity contribution in [3.63, 3.8) is 0 Å². The Bertz CT molecular complexity index is 1130. The zero-order chi connectivity index (χ0) is 18.6. The highest BCUT2D eigenvalue weighted by atomic mass is 35.5. The van der Waals surface area contributed by atoms with Gasteiger partial charge < -0.3 is 9.64 Å². The molecule has 0 N–H and O–H groups in total. The summed E-state index contributed by atoms with van der Waals surface area (Å²) in [4.78, 5) is 2.39. The lowest BCUT2D eigenvalue weighted by Crippen LogP contribution is -2.15. The summed E-state index contributed by atoms with van der Waals surface area (Å²) >= 11 is 6.18. The third-order valence-corrected chi connectivity index (χ3v) is 6.77. The molecule has 0 unspecified atom stereocenters. The monoisotopic (exact) mass is 390 g/mol. The molecule has 26 heavy (non-hydrogen) atoms. The fourth-order valence-corrected chi connectivity index (χ4v) is 5.46. The van der Waals surface area contributed by atoms with Crippen LogP contribution in [-0.4, -0.2) is 45.0 Å². The first-order chi connectivity index (χ1) is 12.3. The molecule has 4 rings (SSSR count). The molecular weight excluding hydrogens is 372 g/mol. The maximum atomic E-state index is 13.2. The quantitative estimate of drug-likeness (QED) is 0.534. The Kier molecular flexibility index (Phi) is 4.02. The number of fused-ring (bicyclic) bond motifs is 5. The van der Waals surface area contributed by atoms with Gasteiger partial charge in [-0.25, -0.2) is 12.4 Å². The van der Waals surface area contributed by atoms with Crippen LogP contribution in [0.25, 0.3) is 22.2 Å². The molecule has 0 aliphatic carbocycles. The van der Waals surface area contributed by atoms with Crippen LogP contribution < -0.4 is 4.74 Å². The van der Waals surface area contributed by atoms with Gasteiger partial charge in [0.15, 0.2) is 0 Å². The molecule has 5 nitrogen and oxygen atoms in total. The van der Waals surface area contributed by atoms with Gasteiger partial charge in [0.05, 0.1) is 23.2 Å². The smallest absolute Gasteiger partial charge is 0.269 e. The summed E-state index contributed by atoms with van der Waals surface area (Å²) < 4.78 is 33.2. The molecule has 1 aliphatic rings. The number of benzene rings is 2. The average Bonchev–Trinajstić information content (AvgIpc) is 3.03. The van der Waals surface area contributed by atoms with E-state index in [9.17, 15) is 8.42 Å². The highest BCUT2D eigenvalue weighted by molar-refractivity contribution is 7.90. The predicted molar refractivity (Wildman–Crippen MR) is 104 cm³/mol. The number of ether oxygens (including phenoxy) is 1. The number of methoxy groups -OCH3 is 1. The summed E-state index contributed by atoms with van der Waals surface area (Å²) in [5, 5.41) is 1.42. The molecule has 3 aromatic rings. The van der Waals surface area contributed by atoms with Gasteiger partial charge >= 0.3 is 0 Å². The molecule has 2 heterocycles. The van der Waals surface area contributed by atoms with Gasteiger partial charge in [-0.15, -0.1) is 0 Å². The summed E-state index contributed by atoms with van der Waals surface area (Å²) in [6.45, 7) is 0.805. The molecule has 0 saturated carbocycles. The van der Waals surface area contributed by atoms with Crippen LogP contribution in [0.15, 0.2) is 41.3 Å². The number of aromatic nitrogens is 1. The van der Waals surface area contributed by atoms with E-state index in [2.05, 4.69) is 4.90 Å². The van der Waals surface area contributed by atoms with E-state index in [4.69, 9.17) is 16.3 Å². The first-order valence-corrected chi connectivity index (χ1v) is 10.1. The molecule has 0 saturated heterocycles. The lowest BCUT2D eigenvalue weighted by molar-refractivity contribution is 0.413. The Morgan fingerprint density at radius 1 is 1.15 bits per heavy atom. The summed E-state index contributed by atoms with van der Waals surface area (Å²) in [5.41, 5.74) is 3.05. The van der Waals surface area contributed by atoms with Gasteiger partial charge in [0, 0.05) is 22.5 Å². The Morgan fingerprint density at radius 3 is 2.62 bits per heavy atom. The van der Waals surface area contributed by atoms with Gasteiger partial charge in [-0.1, -0.05) is 11.6 Å². The minimum Gasteiger partial charge on any atom is -0.497 e. The summed E-state index contributed by atoms with van der Waals surface area (Å²) in [5.74, 6) is 0.705. The van der Waals surface area contributed by atoms with Crippen molar-refractivity contribution < 1.29 is 13.2 Å². The fraction of sp³-hybridized carbons (Fsp3) is 0.263. The molecule has 0 radical (unpaired) electrons. The van der Waals surface area contributed by atoms with Crippen molar-refractivity contribution in [3.05, 3.63) is 47.0 Å². The first kappa shape index (κ1) is 17.4. The van der Waals surface area contributed by atoms with Crippen LogP contribution in [0.2, 0.25) is 5.02 Å². The Hall–Kier alpha value is -2.02. The molecule has 0 spiro atoms. The van der Waals surface area contributed by atoms with Crippen LogP contribution in [-0.2, 0) is 16.4 Å². The van der Waals surface area contributed by atoms with E-state index in [0.29, 0.717) is 32.4 Å². The van der Waals surface area contributed by atoms with Crippen molar-refractivity contribution in [1.29, 1.82) is 0 Å². The second-order valence-corrected chi connectivity index (χ2v) is 8.86. The van der Waals surface area contributed by atoms with E-state index in [1.807, 2.05) is 26.2 Å². The summed E-state index contributed by atoms with van der Waals surface area (Å²) in [6, 6.07) is 10.5. The van der Waals surface area contributed by atoms with Crippen LogP contribution in [0.1, 0.15) is 5.56 Å². The van der Waals surface area contributed by atoms with Crippen LogP contribution in [0.5, 0.6) is 5.75 Å². The third-order valence-electron chi connectivity index (χ3n) is 4.76. The van der Waals surface area contributed by atoms with E-state index < -0.39 is 10.0 Å². The zero-order valence-corrected chi connectivity index (χ0v) is 16.4. The number of likely N-dealkylation sites (N-methyl/N-ethyl adjacent to an activating group) is 1. The van der Waals surface area contributed by atoms with Gasteiger partial charge in [0.1, 0.15) is 5.75 Å². The lowest BCUT2D eigenvalue weighted by atomic mass is 10.0. The largest absolute Gasteiger partial charge is 0.497 e. The number of halogens is 1. The van der Waals surface area contributed by atoms with Crippen molar-refractivity contribution in [2.24, 2.45) is 0 Å². The highest BCUT2D eigenvalue weighted by Gasteiger charge is 2.37. The van der Waals surface area contributed by atoms with Crippen molar-refractivity contribution in [3.8, 4) is 17.0 Å². The molecule has 0 fully saturated rings. The topological polar surface area (TPSA) is 51.5 Å². The van der Waals surface area contributed by atoms with Crippen molar-refractivity contribution in [1.82, 2.24) is 8.87 Å². The first-order valence-electron chi connectivity index (χ1n) is 8.26. The molecule has 0 atom stereocenters. The van der Waals surface area contributed by atoms with E-state index in [-0.39, 0.29) is 0 Å². The second-order valence-electron chi connectivity index (χ2n) is 6.67. The Morgan fingerprint density at radius 2 is 1.92 bits per heavy atom. The van der Waals surface area contributed by atoms with E-state index in [1.54, 1.807) is 31.4 Å². The fourth-order valence-electron chi connectivity index (χ4n) is 3.55. The van der Waals surface area contributed by atoms with Crippen molar-refractivity contribution >= 4 is 32.5 Å². The molecule has 1 aliphatic heterocycles. The predicted octanol–water partition coefficient (Wildman–Crippen LogP) is 3.62. The Balaban J connectivity index is 2.10. The molecule has 2 aromatic carbocycles. The van der Waals surface area contributed by atoms with E-state index in [0.717, 1.165) is 23.9 Å². The molecule has 136 valence electrons. The summed E-state index contributed by atoms with van der Waals surface area (Å²) in [7, 11) is 1.97. The van der Waals surface area contributed by atoms with Gasteiger partial charge in [0.25, 0.3) is 10.0 Å². The van der Waals surface area contributed by atoms with Crippen LogP contribution in [0, 0.1) is 0 Å². The number of hydrogen-bond donors (Lipinski definition) is 0. The van der Waals surface area contributed by atoms with Crippen molar-refractivity contribution in [2.45, 2.75) is 11.3 Å². The number of rotatable bonds is 4. The van der Waals surface area contributed by atoms with Gasteiger partial charge in [-0.2, -0.15) is 0 Å². The normalized spacial score (nSPS) is 14.7. The third kappa shape index (κ3) is 2.44. The maximum Gasteiger partial charge on any atom is 0.269 e. The highest BCUT2D eigenvalue weighted by Crippen LogP contribution is 2.46. The van der Waals surface area contributed by atoms with Gasteiger partial charge in [0.2, 0.25) is 0 Å². The van der Waals surface area contributed by atoms with Gasteiger partial charge in [-0.05, 0) is 62.5 Å². The Labute approximate surface area is 157 Å². The van der Waals surface area contributed by atoms with E-state index in [1.165, 1.54) is 3.97 Å². The minimum atomic E-state index is -3.64. The average molecular weight is 391 g/mol. The minimum absolute atomic E-state index is 0.306. The van der Waals surface area contributed by atoms with Crippen LogP contribution in [0.4, 0.5) is 0 Å². The standard InChI is InChI=1S/C19H19ClN2O3S/c1-21(2)9-8-14-15-11-13(25-3)5-6-17(15)22-19(14)16-10-12(20)4-7-18(16)26(22,23)24/h4-7,10-11H,8-9H2,1-3H3. The van der Waals surface area contributed by atoms with Gasteiger partial charge in [-0.3, -0.25) is 0 Å². The zero-order valence-electron chi connectivity index (χ0n) is 14.8. The summed E-state index contributed by atoms with van der Waals surface area (Å²) in [6.07, 6.45) is 0.723. The lowest BCUT2D eigenvalue weighted by Gasteiger charge is -2.10. The molecule has 0 amide bonds. The SMILES string of the molecule is COc1ccc2c(c1)c(CCN(C)C)c1n2S(=O)(=O)c2ccc(Cl)cc2-1. The maximum absolute atomic E-state index is 13.2. The van der Waals surface area contributed by atoms with E-state index >= 15 is 0 Å². The molecular formula is C19H19ClN2O3S. The molecule has 0 bridgehead atoms. The molecule has 7 heteroatoms. The van der Waals surface area contributed by atoms with Crippen LogP contribution >= 0.6 is 11.6 Å². The van der Waals surface area contributed by atoms with Crippen LogP contribution in [0.3, 0.4) is 0 Å². The molecule has 1 aromatic heterocycles. The van der Waals surface area contributed by atoms with Crippen molar-refractivity contribution in [2.75, 3.05) is 27.7 Å².